The number of hydrogen-bond donors (Lipinski definition) is 0. The van der Waals surface area contributed by atoms with E-state index in [1.165, 1.54) is 11.3 Å². The number of sulfonamides is 1. The average molecular weight is 594 g/mol. The van der Waals surface area contributed by atoms with Crippen LogP contribution in [0.25, 0.3) is 10.2 Å². The van der Waals surface area contributed by atoms with Crippen LogP contribution in [0, 0.1) is 5.92 Å². The van der Waals surface area contributed by atoms with Crippen molar-refractivity contribution >= 4 is 58.5 Å². The van der Waals surface area contributed by atoms with Crippen LogP contribution in [0.4, 0.5) is 5.13 Å². The van der Waals surface area contributed by atoms with E-state index >= 15 is 0 Å². The molecule has 0 N–H and O–H groups in total. The highest BCUT2D eigenvalue weighted by molar-refractivity contribution is 9.10. The third kappa shape index (κ3) is 5.99. The molecule has 0 radical (unpaired) electrons. The second-order valence-corrected chi connectivity index (χ2v) is 13.1. The van der Waals surface area contributed by atoms with Gasteiger partial charge in [0.2, 0.25) is 10.0 Å². The number of benzene rings is 2. The van der Waals surface area contributed by atoms with E-state index in [1.54, 1.807) is 33.5 Å². The van der Waals surface area contributed by atoms with Crippen LogP contribution in [-0.2, 0) is 10.0 Å². The fraction of sp³-hybridized carbons (Fsp3) is 0.462. The molecule has 1 atom stereocenters. The number of amides is 1. The van der Waals surface area contributed by atoms with Gasteiger partial charge in [-0.25, -0.2) is 13.4 Å². The van der Waals surface area contributed by atoms with E-state index in [9.17, 15) is 13.2 Å². The summed E-state index contributed by atoms with van der Waals surface area (Å²) < 4.78 is 29.8. The summed E-state index contributed by atoms with van der Waals surface area (Å²) in [6, 6.07) is 12.2. The lowest BCUT2D eigenvalue weighted by Gasteiger charge is -2.30. The molecular formula is C26H33BrN4O3S2. The Bertz CT molecular complexity index is 1310. The molecule has 0 spiro atoms. The zero-order valence-corrected chi connectivity index (χ0v) is 24.2. The molecular weight excluding hydrogens is 560 g/mol. The standard InChI is InChI=1S/C26H33BrN4O3S2/c1-4-29(5-2)15-16-31(26-28-23-13-10-21(27)17-24(23)35-26)25(32)20-8-11-22(12-9-20)36(33,34)30-14-6-7-19(3)18-30/h8-13,17,19H,4-7,14-16,18H2,1-3H3. The predicted octanol–water partition coefficient (Wildman–Crippen LogP) is 5.47. The number of likely N-dealkylation sites (N-methyl/N-ethyl adjacent to an activating group) is 1. The zero-order chi connectivity index (χ0) is 25.9. The van der Waals surface area contributed by atoms with Gasteiger partial charge in [0.25, 0.3) is 5.91 Å². The first-order chi connectivity index (χ1) is 17.2. The van der Waals surface area contributed by atoms with Gasteiger partial charge in [0.05, 0.1) is 15.1 Å². The lowest BCUT2D eigenvalue weighted by atomic mass is 10.0. The average Bonchev–Trinajstić information content (AvgIpc) is 3.29. The molecule has 36 heavy (non-hydrogen) atoms. The topological polar surface area (TPSA) is 73.8 Å². The Morgan fingerprint density at radius 1 is 1.14 bits per heavy atom. The van der Waals surface area contributed by atoms with Crippen LogP contribution in [0.3, 0.4) is 0 Å². The fourth-order valence-corrected chi connectivity index (χ4v) is 7.65. The molecule has 1 aliphatic heterocycles. The lowest BCUT2D eigenvalue weighted by Crippen LogP contribution is -2.39. The number of halogens is 1. The van der Waals surface area contributed by atoms with Crippen molar-refractivity contribution in [3.8, 4) is 0 Å². The number of carbonyl (C=O) groups excluding carboxylic acids is 1. The highest BCUT2D eigenvalue weighted by Gasteiger charge is 2.29. The van der Waals surface area contributed by atoms with Gasteiger partial charge in [-0.05, 0) is 74.3 Å². The van der Waals surface area contributed by atoms with Gasteiger partial charge in [0.1, 0.15) is 0 Å². The molecule has 4 rings (SSSR count). The van der Waals surface area contributed by atoms with Crippen LogP contribution < -0.4 is 4.90 Å². The number of anilines is 1. The van der Waals surface area contributed by atoms with Crippen LogP contribution in [0.5, 0.6) is 0 Å². The minimum atomic E-state index is -3.57. The van der Waals surface area contributed by atoms with Gasteiger partial charge in [0, 0.05) is 36.2 Å². The fourth-order valence-electron chi connectivity index (χ4n) is 4.51. The van der Waals surface area contributed by atoms with E-state index in [0.29, 0.717) is 36.2 Å². The number of piperidine rings is 1. The van der Waals surface area contributed by atoms with Crippen molar-refractivity contribution < 1.29 is 13.2 Å². The van der Waals surface area contributed by atoms with Crippen LogP contribution in [0.1, 0.15) is 44.0 Å². The first kappa shape index (κ1) is 27.2. The van der Waals surface area contributed by atoms with Crippen LogP contribution in [0.15, 0.2) is 51.8 Å². The molecule has 1 unspecified atom stereocenters. The molecule has 7 nitrogen and oxygen atoms in total. The number of fused-ring (bicyclic) bond motifs is 1. The lowest BCUT2D eigenvalue weighted by molar-refractivity contribution is 0.0983. The van der Waals surface area contributed by atoms with Crippen LogP contribution in [0.2, 0.25) is 0 Å². The molecule has 0 saturated carbocycles. The molecule has 2 heterocycles. The molecule has 3 aromatic rings. The summed E-state index contributed by atoms with van der Waals surface area (Å²) in [6.45, 7) is 10.4. The Morgan fingerprint density at radius 3 is 2.53 bits per heavy atom. The van der Waals surface area contributed by atoms with Crippen molar-refractivity contribution in [1.82, 2.24) is 14.2 Å². The van der Waals surface area contributed by atoms with Crippen molar-refractivity contribution in [3.63, 3.8) is 0 Å². The number of rotatable bonds is 9. The molecule has 2 aromatic carbocycles. The Morgan fingerprint density at radius 2 is 1.86 bits per heavy atom. The second-order valence-electron chi connectivity index (χ2n) is 9.23. The molecule has 0 bridgehead atoms. The quantitative estimate of drug-likeness (QED) is 0.329. The van der Waals surface area contributed by atoms with Gasteiger partial charge in [-0.2, -0.15) is 4.31 Å². The van der Waals surface area contributed by atoms with Gasteiger partial charge in [-0.1, -0.05) is 48.0 Å². The van der Waals surface area contributed by atoms with E-state index in [-0.39, 0.29) is 10.8 Å². The van der Waals surface area contributed by atoms with Crippen molar-refractivity contribution in [1.29, 1.82) is 0 Å². The Balaban J connectivity index is 1.61. The monoisotopic (exact) mass is 592 g/mol. The summed E-state index contributed by atoms with van der Waals surface area (Å²) in [6.07, 6.45) is 1.92. The highest BCUT2D eigenvalue weighted by Crippen LogP contribution is 2.32. The zero-order valence-electron chi connectivity index (χ0n) is 21.0. The highest BCUT2D eigenvalue weighted by atomic mass is 79.9. The van der Waals surface area contributed by atoms with Crippen molar-refractivity contribution in [2.24, 2.45) is 5.92 Å². The third-order valence-corrected chi connectivity index (χ3v) is 10.1. The molecule has 1 saturated heterocycles. The van der Waals surface area contributed by atoms with Crippen LogP contribution in [-0.4, -0.2) is 67.8 Å². The van der Waals surface area contributed by atoms with E-state index in [4.69, 9.17) is 4.98 Å². The van der Waals surface area contributed by atoms with Gasteiger partial charge in [-0.15, -0.1) is 0 Å². The van der Waals surface area contributed by atoms with E-state index < -0.39 is 10.0 Å². The number of carbonyl (C=O) groups is 1. The maximum Gasteiger partial charge on any atom is 0.260 e. The van der Waals surface area contributed by atoms with E-state index in [1.807, 2.05) is 18.2 Å². The van der Waals surface area contributed by atoms with Gasteiger partial charge >= 0.3 is 0 Å². The minimum Gasteiger partial charge on any atom is -0.302 e. The normalized spacial score (nSPS) is 17.1. The van der Waals surface area contributed by atoms with Crippen molar-refractivity contribution in [2.75, 3.05) is 44.2 Å². The Kier molecular flexibility index (Phi) is 8.83. The number of thiazole rings is 1. The van der Waals surface area contributed by atoms with Crippen LogP contribution >= 0.6 is 27.3 Å². The first-order valence-electron chi connectivity index (χ1n) is 12.4. The number of aromatic nitrogens is 1. The summed E-state index contributed by atoms with van der Waals surface area (Å²) in [5, 5.41) is 0.638. The maximum absolute atomic E-state index is 13.7. The number of nitrogens with zero attached hydrogens (tertiary/aromatic N) is 4. The maximum atomic E-state index is 13.7. The smallest absolute Gasteiger partial charge is 0.260 e. The Hall–Kier alpha value is -1.85. The third-order valence-electron chi connectivity index (χ3n) is 6.71. The summed E-state index contributed by atoms with van der Waals surface area (Å²) in [4.78, 5) is 22.6. The molecule has 1 aliphatic rings. The largest absolute Gasteiger partial charge is 0.302 e. The second kappa shape index (κ2) is 11.7. The minimum absolute atomic E-state index is 0.184. The van der Waals surface area contributed by atoms with Crippen molar-refractivity contribution in [3.05, 3.63) is 52.5 Å². The summed E-state index contributed by atoms with van der Waals surface area (Å²) >= 11 is 4.99. The SMILES string of the molecule is CCN(CC)CCN(C(=O)c1ccc(S(=O)(=O)N2CCCC(C)C2)cc1)c1nc2ccc(Br)cc2s1. The first-order valence-corrected chi connectivity index (χ1v) is 15.5. The van der Waals surface area contributed by atoms with Gasteiger partial charge in [-0.3, -0.25) is 9.69 Å². The molecule has 1 amide bonds. The van der Waals surface area contributed by atoms with Gasteiger partial charge < -0.3 is 4.90 Å². The Labute approximate surface area is 226 Å². The number of hydrogen-bond acceptors (Lipinski definition) is 6. The molecule has 0 aliphatic carbocycles. The summed E-state index contributed by atoms with van der Waals surface area (Å²) in [5.41, 5.74) is 1.29. The molecule has 10 heteroatoms. The van der Waals surface area contributed by atoms with E-state index in [0.717, 1.165) is 47.2 Å². The summed E-state index contributed by atoms with van der Waals surface area (Å²) in [5.74, 6) is 0.166. The van der Waals surface area contributed by atoms with Gasteiger partial charge in [0.15, 0.2) is 5.13 Å². The molecule has 194 valence electrons. The van der Waals surface area contributed by atoms with E-state index in [2.05, 4.69) is 41.6 Å². The molecule has 1 aromatic heterocycles. The van der Waals surface area contributed by atoms with Crippen molar-refractivity contribution in [2.45, 2.75) is 38.5 Å². The summed E-state index contributed by atoms with van der Waals surface area (Å²) in [7, 11) is -3.57. The molecule has 1 fully saturated rings. The predicted molar refractivity (Wildman–Crippen MR) is 150 cm³/mol.